The Balaban J connectivity index is 2.88. The van der Waals surface area contributed by atoms with Crippen LogP contribution in [0.5, 0.6) is 0 Å². The first kappa shape index (κ1) is 20.0. The first-order valence-corrected chi connectivity index (χ1v) is 8.47. The van der Waals surface area contributed by atoms with Gasteiger partial charge in [-0.05, 0) is 41.5 Å². The maximum atomic E-state index is 12.5. The number of carbonyl (C=O) groups excluding carboxylic acids is 2. The summed E-state index contributed by atoms with van der Waals surface area (Å²) >= 11 is 5.79. The number of hydrogen-bond donors (Lipinski definition) is 0. The van der Waals surface area contributed by atoms with Crippen LogP contribution in [0.1, 0.15) is 41.5 Å². The third kappa shape index (κ3) is 6.96. The van der Waals surface area contributed by atoms with Crippen LogP contribution in [-0.2, 0) is 14.3 Å². The second kappa shape index (κ2) is 7.71. The minimum atomic E-state index is -0.680. The number of nitrogens with zero attached hydrogens (tertiary/aromatic N) is 2. The third-order valence-electron chi connectivity index (χ3n) is 3.17. The normalized spacial score (nSPS) is 20.3. The van der Waals surface area contributed by atoms with Gasteiger partial charge in [0.2, 0.25) is 0 Å². The highest BCUT2D eigenvalue weighted by Crippen LogP contribution is 2.19. The molecule has 0 aromatic rings. The Bertz CT molecular complexity index is 429. The minimum Gasteiger partial charge on any atom is -0.458 e. The van der Waals surface area contributed by atoms with Crippen molar-refractivity contribution in [2.75, 3.05) is 32.1 Å². The van der Waals surface area contributed by atoms with E-state index in [1.165, 1.54) is 4.90 Å². The molecular weight excluding hydrogens is 320 g/mol. The molecule has 1 atom stereocenters. The summed E-state index contributed by atoms with van der Waals surface area (Å²) in [6, 6.07) is -0.680. The van der Waals surface area contributed by atoms with E-state index in [9.17, 15) is 9.59 Å². The average Bonchev–Trinajstić information content (AvgIpc) is 2.34. The fourth-order valence-electron chi connectivity index (χ4n) is 2.27. The van der Waals surface area contributed by atoms with Crippen molar-refractivity contribution in [1.82, 2.24) is 9.80 Å². The quantitative estimate of drug-likeness (QED) is 0.579. The highest BCUT2D eigenvalue weighted by molar-refractivity contribution is 6.18. The number of esters is 1. The van der Waals surface area contributed by atoms with E-state index in [2.05, 4.69) is 4.90 Å². The first-order valence-electron chi connectivity index (χ1n) is 7.94. The fraction of sp³-hybridized carbons (Fsp3) is 0.875. The fourth-order valence-corrected chi connectivity index (χ4v) is 2.51. The summed E-state index contributed by atoms with van der Waals surface area (Å²) in [5.41, 5.74) is -1.21. The van der Waals surface area contributed by atoms with Crippen molar-refractivity contribution in [2.24, 2.45) is 0 Å². The van der Waals surface area contributed by atoms with Gasteiger partial charge in [0.1, 0.15) is 17.2 Å². The lowest BCUT2D eigenvalue weighted by Crippen LogP contribution is -2.60. The molecule has 0 aromatic heterocycles. The van der Waals surface area contributed by atoms with Crippen LogP contribution in [0.3, 0.4) is 0 Å². The molecule has 134 valence electrons. The molecule has 1 rings (SSSR count). The van der Waals surface area contributed by atoms with Gasteiger partial charge < -0.3 is 9.47 Å². The number of rotatable bonds is 3. The lowest BCUT2D eigenvalue weighted by molar-refractivity contribution is -0.163. The van der Waals surface area contributed by atoms with E-state index in [1.807, 2.05) is 20.8 Å². The second-order valence-corrected chi connectivity index (χ2v) is 8.09. The van der Waals surface area contributed by atoms with Crippen LogP contribution in [0.4, 0.5) is 4.79 Å². The van der Waals surface area contributed by atoms with Crippen LogP contribution in [0.2, 0.25) is 0 Å². The molecule has 0 saturated carbocycles. The summed E-state index contributed by atoms with van der Waals surface area (Å²) < 4.78 is 10.9. The highest BCUT2D eigenvalue weighted by atomic mass is 35.5. The zero-order chi connectivity index (χ0) is 17.8. The molecule has 0 radical (unpaired) electrons. The average molecular weight is 349 g/mol. The number of piperazine rings is 1. The van der Waals surface area contributed by atoms with Gasteiger partial charge in [-0.3, -0.25) is 9.80 Å². The van der Waals surface area contributed by atoms with Gasteiger partial charge in [-0.2, -0.15) is 0 Å². The summed E-state index contributed by atoms with van der Waals surface area (Å²) in [6.45, 7) is 13.0. The van der Waals surface area contributed by atoms with Gasteiger partial charge in [0.15, 0.2) is 0 Å². The molecule has 7 heteroatoms. The molecule has 0 bridgehead atoms. The molecule has 0 spiro atoms. The standard InChI is InChI=1S/C16H29ClN2O4/c1-15(2,3)22-13(20)12-11-18(8-7-17)9-10-19(12)14(21)23-16(4,5)6/h12H,7-11H2,1-6H3/t12-/m0/s1. The monoisotopic (exact) mass is 348 g/mol. The van der Waals surface area contributed by atoms with Gasteiger partial charge in [-0.15, -0.1) is 11.6 Å². The number of ether oxygens (including phenoxy) is 2. The molecule has 1 aliphatic heterocycles. The van der Waals surface area contributed by atoms with Crippen LogP contribution in [0.15, 0.2) is 0 Å². The SMILES string of the molecule is CC(C)(C)OC(=O)[C@@H]1CN(CCCl)CCN1C(=O)OC(C)(C)C. The summed E-state index contributed by atoms with van der Waals surface area (Å²) in [4.78, 5) is 28.4. The molecule has 0 N–H and O–H groups in total. The van der Waals surface area contributed by atoms with Gasteiger partial charge in [0, 0.05) is 32.1 Å². The van der Waals surface area contributed by atoms with Crippen molar-refractivity contribution < 1.29 is 19.1 Å². The van der Waals surface area contributed by atoms with E-state index < -0.39 is 29.3 Å². The van der Waals surface area contributed by atoms with Crippen LogP contribution in [0, 0.1) is 0 Å². The Morgan fingerprint density at radius 2 is 1.61 bits per heavy atom. The van der Waals surface area contributed by atoms with E-state index in [1.54, 1.807) is 20.8 Å². The molecule has 0 aromatic carbocycles. The van der Waals surface area contributed by atoms with Gasteiger partial charge in [-0.1, -0.05) is 0 Å². The van der Waals surface area contributed by atoms with Crippen LogP contribution < -0.4 is 0 Å². The Morgan fingerprint density at radius 3 is 2.09 bits per heavy atom. The maximum Gasteiger partial charge on any atom is 0.411 e. The van der Waals surface area contributed by atoms with Gasteiger partial charge >= 0.3 is 12.1 Å². The largest absolute Gasteiger partial charge is 0.458 e. The van der Waals surface area contributed by atoms with Crippen molar-refractivity contribution in [3.63, 3.8) is 0 Å². The first-order chi connectivity index (χ1) is 10.4. The summed E-state index contributed by atoms with van der Waals surface area (Å²) in [5, 5.41) is 0. The summed E-state index contributed by atoms with van der Waals surface area (Å²) in [6.07, 6.45) is -0.487. The summed E-state index contributed by atoms with van der Waals surface area (Å²) in [7, 11) is 0. The summed E-state index contributed by atoms with van der Waals surface area (Å²) in [5.74, 6) is 0.0654. The number of amides is 1. The highest BCUT2D eigenvalue weighted by Gasteiger charge is 2.39. The molecule has 1 fully saturated rings. The Kier molecular flexibility index (Phi) is 6.71. The Morgan fingerprint density at radius 1 is 1.04 bits per heavy atom. The Hall–Kier alpha value is -1.01. The number of hydrogen-bond acceptors (Lipinski definition) is 5. The third-order valence-corrected chi connectivity index (χ3v) is 3.34. The molecular formula is C16H29ClN2O4. The van der Waals surface area contributed by atoms with Gasteiger partial charge in [-0.25, -0.2) is 9.59 Å². The van der Waals surface area contributed by atoms with Crippen LogP contribution >= 0.6 is 11.6 Å². The molecule has 0 unspecified atom stereocenters. The molecule has 0 aliphatic carbocycles. The zero-order valence-electron chi connectivity index (χ0n) is 15.0. The van der Waals surface area contributed by atoms with E-state index in [0.717, 1.165) is 0 Å². The van der Waals surface area contributed by atoms with Crippen molar-refractivity contribution in [1.29, 1.82) is 0 Å². The van der Waals surface area contributed by atoms with E-state index in [4.69, 9.17) is 21.1 Å². The smallest absolute Gasteiger partial charge is 0.411 e. The van der Waals surface area contributed by atoms with Crippen molar-refractivity contribution in [3.8, 4) is 0 Å². The topological polar surface area (TPSA) is 59.1 Å². The van der Waals surface area contributed by atoms with E-state index in [-0.39, 0.29) is 0 Å². The molecule has 1 saturated heterocycles. The number of carbonyl (C=O) groups is 2. The van der Waals surface area contributed by atoms with E-state index >= 15 is 0 Å². The van der Waals surface area contributed by atoms with Gasteiger partial charge in [0.05, 0.1) is 0 Å². The zero-order valence-corrected chi connectivity index (χ0v) is 15.8. The van der Waals surface area contributed by atoms with Crippen molar-refractivity contribution in [2.45, 2.75) is 58.8 Å². The van der Waals surface area contributed by atoms with Crippen molar-refractivity contribution in [3.05, 3.63) is 0 Å². The van der Waals surface area contributed by atoms with Gasteiger partial charge in [0.25, 0.3) is 0 Å². The lowest BCUT2D eigenvalue weighted by Gasteiger charge is -2.41. The maximum absolute atomic E-state index is 12.5. The molecule has 1 amide bonds. The number of halogens is 1. The Labute approximate surface area is 144 Å². The minimum absolute atomic E-state index is 0.404. The number of alkyl halides is 1. The lowest BCUT2D eigenvalue weighted by atomic mass is 10.1. The van der Waals surface area contributed by atoms with Crippen LogP contribution in [0.25, 0.3) is 0 Å². The molecule has 1 heterocycles. The molecule has 6 nitrogen and oxygen atoms in total. The molecule has 23 heavy (non-hydrogen) atoms. The second-order valence-electron chi connectivity index (χ2n) is 7.71. The molecule has 1 aliphatic rings. The van der Waals surface area contributed by atoms with E-state index in [0.29, 0.717) is 32.1 Å². The van der Waals surface area contributed by atoms with Crippen LogP contribution in [-0.4, -0.2) is 71.2 Å². The predicted octanol–water partition coefficient (Wildman–Crippen LogP) is 2.49. The predicted molar refractivity (Wildman–Crippen MR) is 89.7 cm³/mol. The van der Waals surface area contributed by atoms with Crippen molar-refractivity contribution >= 4 is 23.7 Å².